The van der Waals surface area contributed by atoms with Crippen LogP contribution in [0.15, 0.2) is 60.9 Å². The van der Waals surface area contributed by atoms with Gasteiger partial charge in [0, 0.05) is 23.2 Å². The molecule has 0 bridgehead atoms. The molecule has 2 aromatic carbocycles. The number of phenolic OH excluding ortho intramolecular Hbond substituents is 1. The molecule has 0 aliphatic heterocycles. The Kier molecular flexibility index (Phi) is 3.87. The second-order valence-corrected chi connectivity index (χ2v) is 4.74. The summed E-state index contributed by atoms with van der Waals surface area (Å²) in [5.74, 6) is -0.0182. The van der Waals surface area contributed by atoms with Crippen LogP contribution in [-0.4, -0.2) is 16.2 Å². The number of pyridine rings is 1. The van der Waals surface area contributed by atoms with E-state index in [-0.39, 0.29) is 12.4 Å². The number of amides is 1. The minimum absolute atomic E-state index is 0.0182. The number of aromatic hydroxyl groups is 1. The molecule has 1 aromatic heterocycles. The quantitative estimate of drug-likeness (QED) is 0.723. The van der Waals surface area contributed by atoms with Gasteiger partial charge in [-0.3, -0.25) is 10.3 Å². The molecule has 0 unspecified atom stereocenters. The van der Waals surface area contributed by atoms with E-state index in [9.17, 15) is 9.90 Å². The highest BCUT2D eigenvalue weighted by Crippen LogP contribution is 2.31. The number of rotatable bonds is 3. The van der Waals surface area contributed by atoms with Gasteiger partial charge in [0.15, 0.2) is 0 Å². The van der Waals surface area contributed by atoms with Crippen molar-refractivity contribution >= 4 is 22.6 Å². The van der Waals surface area contributed by atoms with Gasteiger partial charge in [-0.1, -0.05) is 30.3 Å². The van der Waals surface area contributed by atoms with Gasteiger partial charge in [-0.25, -0.2) is 4.79 Å². The minimum Gasteiger partial charge on any atom is -0.506 e. The van der Waals surface area contributed by atoms with Crippen LogP contribution in [0.2, 0.25) is 0 Å². The lowest BCUT2D eigenvalue weighted by atomic mass is 10.1. The van der Waals surface area contributed by atoms with Gasteiger partial charge in [-0.05, 0) is 23.8 Å². The molecule has 1 heterocycles. The number of carbonyl (C=O) groups is 1. The van der Waals surface area contributed by atoms with Gasteiger partial charge < -0.3 is 9.84 Å². The molecule has 5 nitrogen and oxygen atoms in total. The first-order valence-corrected chi connectivity index (χ1v) is 6.77. The van der Waals surface area contributed by atoms with Gasteiger partial charge >= 0.3 is 6.09 Å². The molecule has 3 aromatic rings. The van der Waals surface area contributed by atoms with Crippen LogP contribution in [0.4, 0.5) is 10.5 Å². The molecule has 0 aliphatic carbocycles. The molecule has 0 saturated carbocycles. The average molecular weight is 294 g/mol. The average Bonchev–Trinajstić information content (AvgIpc) is 2.56. The third-order valence-electron chi connectivity index (χ3n) is 3.24. The number of phenols is 1. The van der Waals surface area contributed by atoms with Crippen LogP contribution in [0.25, 0.3) is 10.8 Å². The highest BCUT2D eigenvalue weighted by molar-refractivity contribution is 6.02. The number of nitrogens with one attached hydrogen (secondary N) is 1. The van der Waals surface area contributed by atoms with Crippen molar-refractivity contribution in [2.75, 3.05) is 5.32 Å². The van der Waals surface area contributed by atoms with E-state index in [0.717, 1.165) is 10.9 Å². The topological polar surface area (TPSA) is 71.5 Å². The lowest BCUT2D eigenvalue weighted by Crippen LogP contribution is -2.14. The molecule has 0 saturated heterocycles. The van der Waals surface area contributed by atoms with E-state index in [4.69, 9.17) is 4.74 Å². The summed E-state index contributed by atoms with van der Waals surface area (Å²) >= 11 is 0. The molecule has 0 atom stereocenters. The van der Waals surface area contributed by atoms with Crippen LogP contribution >= 0.6 is 0 Å². The first kappa shape index (κ1) is 13.9. The Bertz CT molecular complexity index is 803. The van der Waals surface area contributed by atoms with Crippen molar-refractivity contribution in [1.82, 2.24) is 4.98 Å². The SMILES string of the molecule is O=C(Nc1c(O)ccc2cnccc12)OCc1ccccc1. The Morgan fingerprint density at radius 1 is 1.14 bits per heavy atom. The standard InChI is InChI=1S/C17H14N2O3/c20-15-7-6-13-10-18-9-8-14(13)16(15)19-17(21)22-11-12-4-2-1-3-5-12/h1-10,20H,11H2,(H,19,21). The third-order valence-corrected chi connectivity index (χ3v) is 3.24. The zero-order valence-electron chi connectivity index (χ0n) is 11.7. The fourth-order valence-corrected chi connectivity index (χ4v) is 2.15. The monoisotopic (exact) mass is 294 g/mol. The molecule has 0 radical (unpaired) electrons. The first-order valence-electron chi connectivity index (χ1n) is 6.77. The second-order valence-electron chi connectivity index (χ2n) is 4.74. The fourth-order valence-electron chi connectivity index (χ4n) is 2.15. The van der Waals surface area contributed by atoms with E-state index < -0.39 is 6.09 Å². The van der Waals surface area contributed by atoms with E-state index in [2.05, 4.69) is 10.3 Å². The van der Waals surface area contributed by atoms with Crippen LogP contribution < -0.4 is 5.32 Å². The lowest BCUT2D eigenvalue weighted by Gasteiger charge is -2.11. The number of hydrogen-bond donors (Lipinski definition) is 2. The summed E-state index contributed by atoms with van der Waals surface area (Å²) in [6.07, 6.45) is 2.64. The number of ether oxygens (including phenoxy) is 1. The largest absolute Gasteiger partial charge is 0.506 e. The van der Waals surface area contributed by atoms with Crippen LogP contribution in [0.3, 0.4) is 0 Å². The molecule has 5 heteroatoms. The Morgan fingerprint density at radius 2 is 1.95 bits per heavy atom. The molecular formula is C17H14N2O3. The first-order chi connectivity index (χ1) is 10.7. The summed E-state index contributed by atoms with van der Waals surface area (Å²) in [4.78, 5) is 15.9. The van der Waals surface area contributed by atoms with Crippen LogP contribution in [0.5, 0.6) is 5.75 Å². The minimum atomic E-state index is -0.622. The van der Waals surface area contributed by atoms with Crippen molar-refractivity contribution in [3.05, 3.63) is 66.5 Å². The van der Waals surface area contributed by atoms with E-state index in [1.54, 1.807) is 24.5 Å². The fraction of sp³-hybridized carbons (Fsp3) is 0.0588. The van der Waals surface area contributed by atoms with Crippen LogP contribution in [0.1, 0.15) is 5.56 Å². The predicted molar refractivity (Wildman–Crippen MR) is 83.7 cm³/mol. The van der Waals surface area contributed by atoms with Crippen molar-refractivity contribution in [3.8, 4) is 5.75 Å². The van der Waals surface area contributed by atoms with Gasteiger partial charge in [0.05, 0.1) is 5.69 Å². The second kappa shape index (κ2) is 6.13. The molecule has 0 spiro atoms. The Labute approximate surface area is 127 Å². The molecule has 22 heavy (non-hydrogen) atoms. The van der Waals surface area contributed by atoms with E-state index in [0.29, 0.717) is 11.1 Å². The maximum atomic E-state index is 11.9. The summed E-state index contributed by atoms with van der Waals surface area (Å²) in [5.41, 5.74) is 1.21. The number of carbonyl (C=O) groups excluding carboxylic acids is 1. The smallest absolute Gasteiger partial charge is 0.412 e. The molecule has 3 rings (SSSR count). The molecule has 2 N–H and O–H groups in total. The van der Waals surface area contributed by atoms with E-state index in [1.165, 1.54) is 6.07 Å². The zero-order chi connectivity index (χ0) is 15.4. The molecule has 0 fully saturated rings. The number of aromatic nitrogens is 1. The number of anilines is 1. The van der Waals surface area contributed by atoms with Gasteiger partial charge in [0.25, 0.3) is 0 Å². The number of fused-ring (bicyclic) bond motifs is 1. The van der Waals surface area contributed by atoms with Crippen molar-refractivity contribution in [3.63, 3.8) is 0 Å². The summed E-state index contributed by atoms with van der Waals surface area (Å²) in [5, 5.41) is 14.1. The molecule has 110 valence electrons. The summed E-state index contributed by atoms with van der Waals surface area (Å²) in [7, 11) is 0. The van der Waals surface area contributed by atoms with E-state index >= 15 is 0 Å². The summed E-state index contributed by atoms with van der Waals surface area (Å²) in [6, 6.07) is 14.4. The van der Waals surface area contributed by atoms with Crippen LogP contribution in [0, 0.1) is 0 Å². The molecule has 0 aliphatic rings. The Morgan fingerprint density at radius 3 is 2.77 bits per heavy atom. The van der Waals surface area contributed by atoms with Crippen LogP contribution in [-0.2, 0) is 11.3 Å². The lowest BCUT2D eigenvalue weighted by molar-refractivity contribution is 0.155. The van der Waals surface area contributed by atoms with Crippen molar-refractivity contribution < 1.29 is 14.6 Å². The van der Waals surface area contributed by atoms with Crippen molar-refractivity contribution in [2.45, 2.75) is 6.61 Å². The maximum absolute atomic E-state index is 11.9. The van der Waals surface area contributed by atoms with Crippen molar-refractivity contribution in [1.29, 1.82) is 0 Å². The third kappa shape index (κ3) is 2.98. The maximum Gasteiger partial charge on any atom is 0.412 e. The van der Waals surface area contributed by atoms with Gasteiger partial charge in [0.2, 0.25) is 0 Å². The number of benzene rings is 2. The van der Waals surface area contributed by atoms with Crippen molar-refractivity contribution in [2.24, 2.45) is 0 Å². The summed E-state index contributed by atoms with van der Waals surface area (Å²) < 4.78 is 5.16. The highest BCUT2D eigenvalue weighted by Gasteiger charge is 2.11. The summed E-state index contributed by atoms with van der Waals surface area (Å²) in [6.45, 7) is 0.166. The van der Waals surface area contributed by atoms with Gasteiger partial charge in [-0.2, -0.15) is 0 Å². The zero-order valence-corrected chi connectivity index (χ0v) is 11.7. The Hall–Kier alpha value is -3.08. The predicted octanol–water partition coefficient (Wildman–Crippen LogP) is 3.69. The van der Waals surface area contributed by atoms with Gasteiger partial charge in [-0.15, -0.1) is 0 Å². The van der Waals surface area contributed by atoms with E-state index in [1.807, 2.05) is 30.3 Å². The van der Waals surface area contributed by atoms with Gasteiger partial charge in [0.1, 0.15) is 12.4 Å². The molecular weight excluding hydrogens is 280 g/mol. The number of hydrogen-bond acceptors (Lipinski definition) is 4. The Balaban J connectivity index is 1.75. The molecule has 1 amide bonds. The highest BCUT2D eigenvalue weighted by atomic mass is 16.5. The normalized spacial score (nSPS) is 10.4. The number of nitrogens with zero attached hydrogens (tertiary/aromatic N) is 1.